The Balaban J connectivity index is 2.52. The number of hydrogen-bond acceptors (Lipinski definition) is 3. The predicted molar refractivity (Wildman–Crippen MR) is 49.6 cm³/mol. The molecule has 1 aliphatic heterocycles. The lowest BCUT2D eigenvalue weighted by atomic mass is 10.2. The van der Waals surface area contributed by atoms with E-state index in [-0.39, 0.29) is 12.4 Å². The van der Waals surface area contributed by atoms with Gasteiger partial charge in [0.25, 0.3) is 5.91 Å². The summed E-state index contributed by atoms with van der Waals surface area (Å²) < 4.78 is 17.8. The van der Waals surface area contributed by atoms with Gasteiger partial charge in [-0.25, -0.2) is 9.18 Å². The Hall–Kier alpha value is -2.13. The molecule has 0 fully saturated rings. The van der Waals surface area contributed by atoms with Gasteiger partial charge in [0.05, 0.1) is 11.9 Å². The van der Waals surface area contributed by atoms with Gasteiger partial charge < -0.3 is 4.74 Å². The molecule has 4 nitrogen and oxygen atoms in total. The highest BCUT2D eigenvalue weighted by atomic mass is 19.1. The van der Waals surface area contributed by atoms with Crippen LogP contribution < -0.4 is 9.64 Å². The van der Waals surface area contributed by atoms with Gasteiger partial charge in [0, 0.05) is 6.07 Å². The van der Waals surface area contributed by atoms with Gasteiger partial charge in [-0.1, -0.05) is 0 Å². The van der Waals surface area contributed by atoms with E-state index in [0.717, 1.165) is 17.2 Å². The third-order valence-electron chi connectivity index (χ3n) is 1.98. The number of nitrogens with zero attached hydrogens (tertiary/aromatic N) is 1. The van der Waals surface area contributed by atoms with Crippen molar-refractivity contribution in [1.82, 2.24) is 0 Å². The van der Waals surface area contributed by atoms with Crippen LogP contribution in [0.3, 0.4) is 0 Å². The second-order valence-corrected chi connectivity index (χ2v) is 2.91. The van der Waals surface area contributed by atoms with Crippen LogP contribution in [-0.4, -0.2) is 18.5 Å². The lowest BCUT2D eigenvalue weighted by Crippen LogP contribution is -2.34. The Morgan fingerprint density at radius 1 is 1.53 bits per heavy atom. The van der Waals surface area contributed by atoms with Gasteiger partial charge in [-0.3, -0.25) is 9.69 Å². The number of fused-ring (bicyclic) bond motifs is 1. The van der Waals surface area contributed by atoms with Crippen molar-refractivity contribution in [3.05, 3.63) is 30.2 Å². The van der Waals surface area contributed by atoms with E-state index in [2.05, 4.69) is 0 Å². The third kappa shape index (κ3) is 1.60. The van der Waals surface area contributed by atoms with Crippen LogP contribution in [-0.2, 0) is 9.59 Å². The molecule has 0 N–H and O–H groups in total. The lowest BCUT2D eigenvalue weighted by molar-refractivity contribution is -0.120. The molecule has 1 aromatic rings. The van der Waals surface area contributed by atoms with Crippen molar-refractivity contribution < 1.29 is 18.7 Å². The zero-order valence-electron chi connectivity index (χ0n) is 7.57. The first-order chi connectivity index (χ1) is 7.22. The maximum atomic E-state index is 12.8. The number of anilines is 1. The highest BCUT2D eigenvalue weighted by Crippen LogP contribution is 2.32. The van der Waals surface area contributed by atoms with Crippen molar-refractivity contribution >= 4 is 17.5 Å². The van der Waals surface area contributed by atoms with E-state index in [1.54, 1.807) is 0 Å². The smallest absolute Gasteiger partial charge is 0.269 e. The molecule has 0 aliphatic carbocycles. The molecule has 0 unspecified atom stereocenters. The van der Waals surface area contributed by atoms with E-state index in [1.807, 2.05) is 0 Å². The topological polar surface area (TPSA) is 46.6 Å². The molecule has 0 saturated heterocycles. The zero-order valence-corrected chi connectivity index (χ0v) is 7.57. The molecule has 2 rings (SSSR count). The van der Waals surface area contributed by atoms with E-state index in [1.165, 1.54) is 18.1 Å². The molecule has 1 aliphatic rings. The van der Waals surface area contributed by atoms with Gasteiger partial charge in [0.1, 0.15) is 17.5 Å². The molecule has 0 spiro atoms. The first-order valence-corrected chi connectivity index (χ1v) is 4.18. The molecule has 0 saturated carbocycles. The number of hydrogen-bond donors (Lipinski definition) is 0. The van der Waals surface area contributed by atoms with Gasteiger partial charge in [-0.15, -0.1) is 0 Å². The normalized spacial score (nSPS) is 13.9. The van der Waals surface area contributed by atoms with Crippen molar-refractivity contribution in [3.8, 4) is 5.75 Å². The Morgan fingerprint density at radius 3 is 3.07 bits per heavy atom. The molecule has 0 aromatic heterocycles. The number of carbonyl (C=O) groups is 1. The quantitative estimate of drug-likeness (QED) is 0.642. The Labute approximate surface area is 84.6 Å². The molecule has 76 valence electrons. The second-order valence-electron chi connectivity index (χ2n) is 2.91. The summed E-state index contributed by atoms with van der Waals surface area (Å²) in [6.07, 6.45) is 0.960. The fourth-order valence-electron chi connectivity index (χ4n) is 1.34. The fraction of sp³-hybridized carbons (Fsp3) is 0.100. The number of benzene rings is 1. The second kappa shape index (κ2) is 3.55. The van der Waals surface area contributed by atoms with E-state index in [0.29, 0.717) is 5.69 Å². The summed E-state index contributed by atoms with van der Waals surface area (Å²) in [5.41, 5.74) is 0.344. The summed E-state index contributed by atoms with van der Waals surface area (Å²) >= 11 is 0. The van der Waals surface area contributed by atoms with Gasteiger partial charge in [0.15, 0.2) is 6.61 Å². The van der Waals surface area contributed by atoms with Crippen LogP contribution in [0.15, 0.2) is 24.4 Å². The van der Waals surface area contributed by atoms with Crippen molar-refractivity contribution in [2.45, 2.75) is 0 Å². The van der Waals surface area contributed by atoms with E-state index in [9.17, 15) is 14.0 Å². The monoisotopic (exact) mass is 207 g/mol. The van der Waals surface area contributed by atoms with Crippen molar-refractivity contribution in [2.24, 2.45) is 0 Å². The average molecular weight is 207 g/mol. The average Bonchev–Trinajstić information content (AvgIpc) is 2.22. The number of amides is 1. The summed E-state index contributed by atoms with van der Waals surface area (Å²) in [4.78, 5) is 22.6. The zero-order chi connectivity index (χ0) is 10.8. The molecule has 1 aromatic carbocycles. The maximum Gasteiger partial charge on any atom is 0.269 e. The number of ether oxygens (including phenoxy) is 1. The van der Waals surface area contributed by atoms with E-state index < -0.39 is 11.7 Å². The van der Waals surface area contributed by atoms with Crippen LogP contribution in [0, 0.1) is 5.82 Å². The minimum Gasteiger partial charge on any atom is -0.481 e. The summed E-state index contributed by atoms with van der Waals surface area (Å²) in [6.45, 7) is -0.214. The van der Waals surface area contributed by atoms with Gasteiger partial charge in [0.2, 0.25) is 0 Å². The van der Waals surface area contributed by atoms with Crippen LogP contribution in [0.4, 0.5) is 10.1 Å². The van der Waals surface area contributed by atoms with Gasteiger partial charge >= 0.3 is 0 Å². The molecule has 1 heterocycles. The third-order valence-corrected chi connectivity index (χ3v) is 1.98. The van der Waals surface area contributed by atoms with Crippen molar-refractivity contribution in [2.75, 3.05) is 11.5 Å². The van der Waals surface area contributed by atoms with Crippen molar-refractivity contribution in [3.63, 3.8) is 0 Å². The summed E-state index contributed by atoms with van der Waals surface area (Å²) in [7, 11) is 0. The molecule has 0 radical (unpaired) electrons. The van der Waals surface area contributed by atoms with Crippen molar-refractivity contribution in [1.29, 1.82) is 0 Å². The highest BCUT2D eigenvalue weighted by Gasteiger charge is 2.24. The molecular weight excluding hydrogens is 201 g/mol. The van der Waals surface area contributed by atoms with Crippen LogP contribution in [0.1, 0.15) is 0 Å². The van der Waals surface area contributed by atoms with Gasteiger partial charge in [-0.2, -0.15) is 0 Å². The molecule has 0 atom stereocenters. The molecule has 15 heavy (non-hydrogen) atoms. The number of rotatable bonds is 1. The Bertz CT molecular complexity index is 466. The SMILES string of the molecule is O=C=CN1C(=O)COc2cc(F)ccc21. The van der Waals surface area contributed by atoms with Crippen LogP contribution in [0.5, 0.6) is 5.75 Å². The summed E-state index contributed by atoms with van der Waals surface area (Å²) in [6, 6.07) is 3.72. The molecule has 1 amide bonds. The predicted octanol–water partition coefficient (Wildman–Crippen LogP) is 0.896. The lowest BCUT2D eigenvalue weighted by Gasteiger charge is -2.25. The number of carbonyl (C=O) groups excluding carboxylic acids is 2. The number of halogens is 1. The highest BCUT2D eigenvalue weighted by molar-refractivity contribution is 6.00. The first kappa shape index (κ1) is 9.43. The largest absolute Gasteiger partial charge is 0.481 e. The van der Waals surface area contributed by atoms with Gasteiger partial charge in [-0.05, 0) is 12.1 Å². The van der Waals surface area contributed by atoms with E-state index >= 15 is 0 Å². The first-order valence-electron chi connectivity index (χ1n) is 4.18. The standard InChI is InChI=1S/C10H6FNO3/c11-7-1-2-8-9(5-7)15-6-10(14)12(8)3-4-13/h1-3,5H,6H2. The minimum absolute atomic E-state index is 0.214. The summed E-state index contributed by atoms with van der Waals surface area (Å²) in [5.74, 6) is 0.890. The minimum atomic E-state index is -0.460. The Morgan fingerprint density at radius 2 is 2.33 bits per heavy atom. The van der Waals surface area contributed by atoms with Crippen LogP contribution >= 0.6 is 0 Å². The molecule has 5 heteroatoms. The van der Waals surface area contributed by atoms with Crippen LogP contribution in [0.25, 0.3) is 0 Å². The fourth-order valence-corrected chi connectivity index (χ4v) is 1.34. The molecular formula is C10H6FNO3. The molecule has 0 bridgehead atoms. The van der Waals surface area contributed by atoms with E-state index in [4.69, 9.17) is 4.74 Å². The maximum absolute atomic E-state index is 12.8. The summed E-state index contributed by atoms with van der Waals surface area (Å²) in [5, 5.41) is 0. The Kier molecular flexibility index (Phi) is 2.23. The van der Waals surface area contributed by atoms with Crippen LogP contribution in [0.2, 0.25) is 0 Å².